The van der Waals surface area contributed by atoms with Gasteiger partial charge in [0.05, 0.1) is 25.5 Å². The van der Waals surface area contributed by atoms with Crippen molar-refractivity contribution in [3.05, 3.63) is 24.3 Å². The molecule has 2 rings (SSSR count). The molecule has 0 atom stereocenters. The van der Waals surface area contributed by atoms with Gasteiger partial charge in [-0.1, -0.05) is 17.3 Å². The second-order valence-electron chi connectivity index (χ2n) is 5.47. The first-order valence-electron chi connectivity index (χ1n) is 5.66. The van der Waals surface area contributed by atoms with Crippen LogP contribution in [0.5, 0.6) is 0 Å². The summed E-state index contributed by atoms with van der Waals surface area (Å²) in [4.78, 5) is 0. The van der Waals surface area contributed by atoms with Gasteiger partial charge in [-0.15, -0.1) is 5.10 Å². The molecule has 122 valence electrons. The van der Waals surface area contributed by atoms with Gasteiger partial charge in [0.2, 0.25) is 0 Å². The molecule has 3 nitrogen and oxygen atoms in total. The Hall–Kier alpha value is -0.940. The van der Waals surface area contributed by atoms with Gasteiger partial charge < -0.3 is 0 Å². The molecular weight excluding hydrogens is 338 g/mol. The van der Waals surface area contributed by atoms with Crippen molar-refractivity contribution in [2.45, 2.75) is 6.29 Å². The van der Waals surface area contributed by atoms with E-state index in [4.69, 9.17) is 0 Å². The summed E-state index contributed by atoms with van der Waals surface area (Å²) in [5.74, 6) is 0. The molecule has 0 unspecified atom stereocenters. The molecule has 1 aromatic heterocycles. The molecule has 0 spiro atoms. The Kier molecular flexibility index (Phi) is 4.12. The van der Waals surface area contributed by atoms with Crippen LogP contribution in [0.15, 0.2) is 24.3 Å². The number of aromatic nitrogens is 3. The zero-order valence-electron chi connectivity index (χ0n) is 11.5. The van der Waals surface area contributed by atoms with Crippen LogP contribution in [-0.2, 0) is 6.29 Å². The van der Waals surface area contributed by atoms with Crippen LogP contribution in [0.2, 0.25) is 0 Å². The molecule has 1 aromatic carbocycles. The maximum atomic E-state index is 9.87. The molecule has 0 saturated carbocycles. The minimum atomic E-state index is -10.7. The Morgan fingerprint density at radius 3 is 1.95 bits per heavy atom. The van der Waals surface area contributed by atoms with Crippen molar-refractivity contribution in [3.8, 4) is 0 Å². The van der Waals surface area contributed by atoms with Crippen molar-refractivity contribution in [2.75, 3.05) is 20.0 Å². The monoisotopic (exact) mass is 353 g/mol. The van der Waals surface area contributed by atoms with Crippen LogP contribution in [0, 0.1) is 0 Å². The van der Waals surface area contributed by atoms with Crippen LogP contribution in [0.1, 0.15) is 0 Å². The Morgan fingerprint density at radius 1 is 1.00 bits per heavy atom. The van der Waals surface area contributed by atoms with Crippen molar-refractivity contribution in [3.63, 3.8) is 0 Å². The van der Waals surface area contributed by atoms with E-state index in [0.29, 0.717) is 0 Å². The van der Waals surface area contributed by atoms with Crippen LogP contribution in [0.3, 0.4) is 0 Å². The molecule has 0 saturated heterocycles. The number of rotatable bonds is 2. The summed E-state index contributed by atoms with van der Waals surface area (Å²) in [6, 6.07) is 8.10. The van der Waals surface area contributed by atoms with Crippen LogP contribution in [0.25, 0.3) is 11.0 Å². The van der Waals surface area contributed by atoms with Gasteiger partial charge in [0.25, 0.3) is 0 Å². The molecule has 0 radical (unpaired) electrons. The molecule has 0 aliphatic rings. The standard InChI is InChI=1S/C10H15N3P.F6P/c1-14(2,3)8-13-10-7-5-4-6-9(10)11-12-13;1-7(2,3,4,5)6/h4-7H,8H2,1-3H3;/q+1;-1. The fourth-order valence-corrected chi connectivity index (χ4v) is 2.44. The SMILES string of the molecule is C[P+](C)(C)Cn1nnc2ccccc21.F[P-](F)(F)(F)(F)F. The average molecular weight is 353 g/mol. The molecule has 0 bridgehead atoms. The molecule has 0 aliphatic carbocycles. The molecule has 11 heteroatoms. The fourth-order valence-electron chi connectivity index (χ4n) is 1.42. The van der Waals surface area contributed by atoms with E-state index in [-0.39, 0.29) is 0 Å². The van der Waals surface area contributed by atoms with Crippen molar-refractivity contribution in [1.82, 2.24) is 15.0 Å². The van der Waals surface area contributed by atoms with Crippen LogP contribution < -0.4 is 0 Å². The molecule has 0 N–H and O–H groups in total. The fraction of sp³-hybridized carbons (Fsp3) is 0.400. The number of hydrogen-bond acceptors (Lipinski definition) is 2. The number of hydrogen-bond donors (Lipinski definition) is 0. The Balaban J connectivity index is 0.000000270. The molecule has 0 amide bonds. The Bertz CT molecular complexity index is 617. The van der Waals surface area contributed by atoms with E-state index in [1.165, 1.54) is 0 Å². The van der Waals surface area contributed by atoms with Gasteiger partial charge in [-0.05, 0) is 12.1 Å². The number of nitrogens with zero attached hydrogens (tertiary/aromatic N) is 3. The predicted octanol–water partition coefficient (Wildman–Crippen LogP) is 5.68. The Labute approximate surface area is 117 Å². The average Bonchev–Trinajstić information content (AvgIpc) is 2.55. The van der Waals surface area contributed by atoms with E-state index in [9.17, 15) is 25.2 Å². The van der Waals surface area contributed by atoms with Gasteiger partial charge in [0.1, 0.15) is 5.52 Å². The van der Waals surface area contributed by atoms with Crippen LogP contribution >= 0.6 is 15.1 Å². The summed E-state index contributed by atoms with van der Waals surface area (Å²) in [6.45, 7) is 6.93. The topological polar surface area (TPSA) is 30.7 Å². The summed E-state index contributed by atoms with van der Waals surface area (Å²) < 4.78 is 61.2. The van der Waals surface area contributed by atoms with E-state index in [1.54, 1.807) is 0 Å². The second-order valence-corrected chi connectivity index (χ2v) is 12.2. The van der Waals surface area contributed by atoms with Gasteiger partial charge in [-0.2, -0.15) is 0 Å². The first-order valence-corrected chi connectivity index (χ1v) is 11.0. The van der Waals surface area contributed by atoms with Crippen LogP contribution in [-0.4, -0.2) is 35.0 Å². The molecule has 0 aliphatic heterocycles. The van der Waals surface area contributed by atoms with E-state index in [0.717, 1.165) is 17.3 Å². The minimum absolute atomic E-state index is 0.848. The summed E-state index contributed by atoms with van der Waals surface area (Å²) >= 11 is 0. The third kappa shape index (κ3) is 9.58. The third-order valence-electron chi connectivity index (χ3n) is 1.98. The first-order chi connectivity index (χ1) is 9.01. The maximum absolute atomic E-state index is 10.7. The molecule has 2 aromatic rings. The van der Waals surface area contributed by atoms with Crippen molar-refractivity contribution >= 4 is 26.1 Å². The van der Waals surface area contributed by atoms with E-state index < -0.39 is 15.1 Å². The summed E-state index contributed by atoms with van der Waals surface area (Å²) in [5.41, 5.74) is 2.13. The second kappa shape index (κ2) is 4.78. The summed E-state index contributed by atoms with van der Waals surface area (Å²) in [6.07, 6.45) is 1.01. The van der Waals surface area contributed by atoms with Gasteiger partial charge in [0.15, 0.2) is 6.29 Å². The van der Waals surface area contributed by atoms with E-state index in [1.807, 2.05) is 22.9 Å². The third-order valence-corrected chi connectivity index (χ3v) is 3.09. The first kappa shape index (κ1) is 18.1. The predicted molar refractivity (Wildman–Crippen MR) is 75.8 cm³/mol. The van der Waals surface area contributed by atoms with Crippen molar-refractivity contribution < 1.29 is 25.2 Å². The van der Waals surface area contributed by atoms with Crippen molar-refractivity contribution in [2.24, 2.45) is 0 Å². The van der Waals surface area contributed by atoms with E-state index in [2.05, 4.69) is 36.4 Å². The quantitative estimate of drug-likeness (QED) is 0.514. The molecular formula is C10H15F6N3P2. The normalized spacial score (nSPS) is 15.9. The van der Waals surface area contributed by atoms with Crippen molar-refractivity contribution in [1.29, 1.82) is 0 Å². The molecule has 0 fully saturated rings. The number of halogens is 6. The number of benzene rings is 1. The van der Waals surface area contributed by atoms with Crippen LogP contribution in [0.4, 0.5) is 25.2 Å². The zero-order valence-corrected chi connectivity index (χ0v) is 13.3. The summed E-state index contributed by atoms with van der Waals surface area (Å²) in [5, 5.41) is 8.31. The van der Waals surface area contributed by atoms with Gasteiger partial charge >= 0.3 is 33.0 Å². The molecule has 1 heterocycles. The number of para-hydroxylation sites is 1. The zero-order chi connectivity index (χ0) is 16.6. The summed E-state index contributed by atoms with van der Waals surface area (Å²) in [7, 11) is -11.5. The number of fused-ring (bicyclic) bond motifs is 1. The molecule has 21 heavy (non-hydrogen) atoms. The Morgan fingerprint density at radius 2 is 1.48 bits per heavy atom. The van der Waals surface area contributed by atoms with E-state index >= 15 is 0 Å². The van der Waals surface area contributed by atoms with Gasteiger partial charge in [-0.25, -0.2) is 4.68 Å². The van der Waals surface area contributed by atoms with Gasteiger partial charge in [-0.3, -0.25) is 0 Å². The van der Waals surface area contributed by atoms with Gasteiger partial charge in [0, 0.05) is 7.26 Å².